The second-order valence-electron chi connectivity index (χ2n) is 5.89. The van der Waals surface area contributed by atoms with E-state index in [9.17, 15) is 8.42 Å². The number of benzene rings is 1. The molecule has 2 heterocycles. The van der Waals surface area contributed by atoms with Crippen molar-refractivity contribution in [2.45, 2.75) is 9.79 Å². The van der Waals surface area contributed by atoms with Crippen molar-refractivity contribution in [1.82, 2.24) is 14.9 Å². The third-order valence-corrected chi connectivity index (χ3v) is 6.00. The highest BCUT2D eigenvalue weighted by Crippen LogP contribution is 2.27. The van der Waals surface area contributed by atoms with E-state index in [2.05, 4.69) is 21.9 Å². The van der Waals surface area contributed by atoms with Crippen LogP contribution in [0.5, 0.6) is 5.75 Å². The third kappa shape index (κ3) is 3.52. The van der Waals surface area contributed by atoms with E-state index in [4.69, 9.17) is 10.5 Å². The van der Waals surface area contributed by atoms with Crippen molar-refractivity contribution < 1.29 is 13.2 Å². The Morgan fingerprint density at radius 2 is 1.76 bits per heavy atom. The van der Waals surface area contributed by atoms with Crippen LogP contribution in [0.2, 0.25) is 0 Å². The van der Waals surface area contributed by atoms with Gasteiger partial charge in [-0.15, -0.1) is 0 Å². The number of rotatable bonds is 4. The van der Waals surface area contributed by atoms with Crippen LogP contribution >= 0.6 is 0 Å². The zero-order chi connectivity index (χ0) is 18.0. The number of hydrogen-bond donors (Lipinski definition) is 1. The molecule has 2 N–H and O–H groups in total. The smallest absolute Gasteiger partial charge is 0.227 e. The normalized spacial score (nSPS) is 16.0. The zero-order valence-corrected chi connectivity index (χ0v) is 15.0. The molecular formula is C16H21N5O3S. The van der Waals surface area contributed by atoms with Gasteiger partial charge >= 0.3 is 0 Å². The van der Waals surface area contributed by atoms with Crippen molar-refractivity contribution in [1.29, 1.82) is 0 Å². The average molecular weight is 363 g/mol. The maximum Gasteiger partial charge on any atom is 0.227 e. The Balaban J connectivity index is 1.89. The number of aromatic nitrogens is 2. The molecule has 0 spiro atoms. The summed E-state index contributed by atoms with van der Waals surface area (Å²) in [5, 5.41) is 0. The maximum absolute atomic E-state index is 12.8. The van der Waals surface area contributed by atoms with E-state index in [1.807, 2.05) is 4.90 Å². The number of ether oxygens (including phenoxy) is 1. The predicted octanol–water partition coefficient (Wildman–Crippen LogP) is 0.652. The molecule has 0 saturated carbocycles. The highest BCUT2D eigenvalue weighted by Gasteiger charge is 2.24. The van der Waals surface area contributed by atoms with Crippen LogP contribution in [-0.4, -0.2) is 63.6 Å². The van der Waals surface area contributed by atoms with Gasteiger partial charge in [0.15, 0.2) is 0 Å². The Labute approximate surface area is 147 Å². The molecule has 1 aromatic heterocycles. The predicted molar refractivity (Wildman–Crippen MR) is 94.6 cm³/mol. The molecular weight excluding hydrogens is 342 g/mol. The van der Waals surface area contributed by atoms with Crippen LogP contribution < -0.4 is 15.4 Å². The van der Waals surface area contributed by atoms with Gasteiger partial charge in [-0.25, -0.2) is 13.4 Å². The molecule has 0 unspecified atom stereocenters. The first-order valence-electron chi connectivity index (χ1n) is 7.87. The lowest BCUT2D eigenvalue weighted by atomic mass is 10.3. The molecule has 1 fully saturated rings. The van der Waals surface area contributed by atoms with E-state index in [1.54, 1.807) is 12.1 Å². The molecule has 8 nitrogen and oxygen atoms in total. The standard InChI is InChI=1S/C16H21N5O3S/c1-20-7-9-21(10-8-20)16-18-11-14(15(17)19-16)25(22,23)13-5-3-12(24-2)4-6-13/h3-6,11H,7-10H2,1-2H3,(H2,17,18,19). The number of hydrogen-bond acceptors (Lipinski definition) is 8. The van der Waals surface area contributed by atoms with Gasteiger partial charge in [0.2, 0.25) is 15.8 Å². The van der Waals surface area contributed by atoms with Crippen molar-refractivity contribution in [3.05, 3.63) is 30.5 Å². The van der Waals surface area contributed by atoms with E-state index in [0.29, 0.717) is 11.7 Å². The molecule has 0 radical (unpaired) electrons. The number of anilines is 2. The Bertz CT molecular complexity index is 847. The summed E-state index contributed by atoms with van der Waals surface area (Å²) in [5.74, 6) is 0.993. The summed E-state index contributed by atoms with van der Waals surface area (Å²) in [6.45, 7) is 3.35. The minimum Gasteiger partial charge on any atom is -0.497 e. The highest BCUT2D eigenvalue weighted by atomic mass is 32.2. The van der Waals surface area contributed by atoms with Crippen LogP contribution in [0, 0.1) is 0 Å². The Morgan fingerprint density at radius 3 is 2.32 bits per heavy atom. The van der Waals surface area contributed by atoms with Crippen molar-refractivity contribution in [3.8, 4) is 5.75 Å². The number of piperazine rings is 1. The summed E-state index contributed by atoms with van der Waals surface area (Å²) in [6, 6.07) is 6.12. The van der Waals surface area contributed by atoms with E-state index in [1.165, 1.54) is 25.4 Å². The fourth-order valence-electron chi connectivity index (χ4n) is 2.62. The summed E-state index contributed by atoms with van der Waals surface area (Å²) in [5.41, 5.74) is 5.94. The number of likely N-dealkylation sites (N-methyl/N-ethyl adjacent to an activating group) is 1. The molecule has 25 heavy (non-hydrogen) atoms. The molecule has 2 aromatic rings. The van der Waals surface area contributed by atoms with Gasteiger partial charge in [0.1, 0.15) is 16.5 Å². The van der Waals surface area contributed by atoms with Crippen LogP contribution in [0.3, 0.4) is 0 Å². The molecule has 134 valence electrons. The summed E-state index contributed by atoms with van der Waals surface area (Å²) in [7, 11) is -0.210. The molecule has 0 amide bonds. The summed E-state index contributed by atoms with van der Waals surface area (Å²) in [6.07, 6.45) is 1.29. The Kier molecular flexibility index (Phi) is 4.78. The van der Waals surface area contributed by atoms with Crippen LogP contribution in [0.4, 0.5) is 11.8 Å². The Hall–Kier alpha value is -2.39. The van der Waals surface area contributed by atoms with Crippen molar-refractivity contribution in [3.63, 3.8) is 0 Å². The minimum absolute atomic E-state index is 0.0419. The number of sulfone groups is 1. The molecule has 1 aliphatic rings. The Morgan fingerprint density at radius 1 is 1.12 bits per heavy atom. The maximum atomic E-state index is 12.8. The average Bonchev–Trinajstić information content (AvgIpc) is 2.62. The molecule has 0 bridgehead atoms. The van der Waals surface area contributed by atoms with Gasteiger partial charge in [-0.2, -0.15) is 4.98 Å². The zero-order valence-electron chi connectivity index (χ0n) is 14.2. The third-order valence-electron chi connectivity index (χ3n) is 4.22. The lowest BCUT2D eigenvalue weighted by Crippen LogP contribution is -2.45. The van der Waals surface area contributed by atoms with Gasteiger partial charge < -0.3 is 20.3 Å². The topological polar surface area (TPSA) is 102 Å². The summed E-state index contributed by atoms with van der Waals surface area (Å²) >= 11 is 0. The molecule has 1 aliphatic heterocycles. The molecule has 0 atom stereocenters. The fourth-order valence-corrected chi connectivity index (χ4v) is 3.88. The van der Waals surface area contributed by atoms with Gasteiger partial charge in [-0.05, 0) is 31.3 Å². The molecule has 1 saturated heterocycles. The lowest BCUT2D eigenvalue weighted by molar-refractivity contribution is 0.311. The number of methoxy groups -OCH3 is 1. The summed E-state index contributed by atoms with van der Waals surface area (Å²) in [4.78, 5) is 12.7. The molecule has 1 aromatic carbocycles. The van der Waals surface area contributed by atoms with Gasteiger partial charge in [0, 0.05) is 26.2 Å². The van der Waals surface area contributed by atoms with E-state index in [0.717, 1.165) is 26.2 Å². The minimum atomic E-state index is -3.78. The molecule has 9 heteroatoms. The van der Waals surface area contributed by atoms with E-state index in [-0.39, 0.29) is 15.6 Å². The summed E-state index contributed by atoms with van der Waals surface area (Å²) < 4.78 is 30.6. The van der Waals surface area contributed by atoms with Crippen molar-refractivity contribution in [2.24, 2.45) is 0 Å². The monoisotopic (exact) mass is 363 g/mol. The van der Waals surface area contributed by atoms with Crippen LogP contribution in [0.1, 0.15) is 0 Å². The second-order valence-corrected chi connectivity index (χ2v) is 7.81. The highest BCUT2D eigenvalue weighted by molar-refractivity contribution is 7.91. The lowest BCUT2D eigenvalue weighted by Gasteiger charge is -2.32. The SMILES string of the molecule is COc1ccc(S(=O)(=O)c2cnc(N3CCN(C)CC3)nc2N)cc1. The fraction of sp³-hybridized carbons (Fsp3) is 0.375. The van der Waals surface area contributed by atoms with Crippen LogP contribution in [-0.2, 0) is 9.84 Å². The molecule has 0 aliphatic carbocycles. The van der Waals surface area contributed by atoms with E-state index < -0.39 is 9.84 Å². The number of nitrogens with zero attached hydrogens (tertiary/aromatic N) is 4. The first-order chi connectivity index (χ1) is 11.9. The van der Waals surface area contributed by atoms with Gasteiger partial charge in [0.25, 0.3) is 0 Å². The van der Waals surface area contributed by atoms with Crippen LogP contribution in [0.15, 0.2) is 40.3 Å². The van der Waals surface area contributed by atoms with Gasteiger partial charge in [0.05, 0.1) is 18.2 Å². The second kappa shape index (κ2) is 6.85. The first kappa shape index (κ1) is 17.4. The quantitative estimate of drug-likeness (QED) is 0.845. The van der Waals surface area contributed by atoms with Gasteiger partial charge in [-0.3, -0.25) is 0 Å². The number of nitrogens with two attached hydrogens (primary N) is 1. The molecule has 3 rings (SSSR count). The van der Waals surface area contributed by atoms with E-state index >= 15 is 0 Å². The van der Waals surface area contributed by atoms with Crippen molar-refractivity contribution >= 4 is 21.6 Å². The van der Waals surface area contributed by atoms with Crippen LogP contribution in [0.25, 0.3) is 0 Å². The van der Waals surface area contributed by atoms with Gasteiger partial charge in [-0.1, -0.05) is 0 Å². The number of nitrogen functional groups attached to an aromatic ring is 1. The first-order valence-corrected chi connectivity index (χ1v) is 9.35. The largest absolute Gasteiger partial charge is 0.497 e. The van der Waals surface area contributed by atoms with Crippen molar-refractivity contribution in [2.75, 3.05) is 51.0 Å².